The van der Waals surface area contributed by atoms with Crippen LogP contribution in [0.3, 0.4) is 0 Å². The molecule has 0 fully saturated rings. The zero-order valence-electron chi connectivity index (χ0n) is 4.52. The zero-order chi connectivity index (χ0) is 5.70. The molecule has 2 heteroatoms. The molecule has 0 rings (SSSR count). The lowest BCUT2D eigenvalue weighted by atomic mass is 10.9. The fraction of sp³-hybridized carbons (Fsp3) is 0.400. The Bertz CT molecular complexity index is 84.3. The van der Waals surface area contributed by atoms with Gasteiger partial charge in [-0.05, 0) is 12.3 Å². The van der Waals surface area contributed by atoms with Crippen molar-refractivity contribution >= 4 is 0 Å². The van der Waals surface area contributed by atoms with Gasteiger partial charge in [0.05, 0.1) is 14.2 Å². The van der Waals surface area contributed by atoms with Crippen molar-refractivity contribution in [1.29, 1.82) is 0 Å². The Balaban J connectivity index is 3.61. The molecule has 0 amide bonds. The highest BCUT2D eigenvalue weighted by molar-refractivity contribution is 4.75. The molecule has 0 aromatic carbocycles. The molecule has 2 nitrogen and oxygen atoms in total. The van der Waals surface area contributed by atoms with E-state index in [1.807, 2.05) is 0 Å². The molecule has 0 aliphatic heterocycles. The molecule has 0 N–H and O–H groups in total. The van der Waals surface area contributed by atoms with E-state index in [0.29, 0.717) is 5.95 Å². The highest BCUT2D eigenvalue weighted by Gasteiger charge is 1.82. The summed E-state index contributed by atoms with van der Waals surface area (Å²) in [5, 5.41) is 0. The SMILES string of the molecule is C=C=C(OC)OC. The molecular formula is C5H8O2. The monoisotopic (exact) mass is 100 g/mol. The van der Waals surface area contributed by atoms with Gasteiger partial charge < -0.3 is 9.47 Å². The Labute approximate surface area is 43.0 Å². The molecule has 0 aliphatic rings. The van der Waals surface area contributed by atoms with Gasteiger partial charge >= 0.3 is 5.95 Å². The van der Waals surface area contributed by atoms with Crippen LogP contribution >= 0.6 is 0 Å². The maximum atomic E-state index is 4.57. The van der Waals surface area contributed by atoms with Crippen molar-refractivity contribution in [2.24, 2.45) is 0 Å². The first-order valence-electron chi connectivity index (χ1n) is 1.83. The van der Waals surface area contributed by atoms with Crippen LogP contribution in [0.15, 0.2) is 18.3 Å². The quantitative estimate of drug-likeness (QED) is 0.379. The maximum absolute atomic E-state index is 4.57. The second kappa shape index (κ2) is 3.32. The summed E-state index contributed by atoms with van der Waals surface area (Å²) < 4.78 is 9.14. The van der Waals surface area contributed by atoms with E-state index >= 15 is 0 Å². The van der Waals surface area contributed by atoms with Crippen LogP contribution in [-0.2, 0) is 9.47 Å². The molecule has 0 saturated carbocycles. The number of hydrogen-bond donors (Lipinski definition) is 0. The Hall–Kier alpha value is -0.880. The molecule has 0 atom stereocenters. The summed E-state index contributed by atoms with van der Waals surface area (Å²) in [7, 11) is 2.99. The standard InChI is InChI=1S/C5H8O2/c1-4-5(6-2)7-3/h1H2,2-3H3. The largest absolute Gasteiger partial charge is 0.463 e. The van der Waals surface area contributed by atoms with Gasteiger partial charge in [-0.1, -0.05) is 0 Å². The summed E-state index contributed by atoms with van der Waals surface area (Å²) >= 11 is 0. The first-order valence-corrected chi connectivity index (χ1v) is 1.83. The van der Waals surface area contributed by atoms with E-state index in [-0.39, 0.29) is 0 Å². The second-order valence-electron chi connectivity index (χ2n) is 0.872. The van der Waals surface area contributed by atoms with Crippen LogP contribution < -0.4 is 0 Å². The number of methoxy groups -OCH3 is 2. The van der Waals surface area contributed by atoms with Crippen LogP contribution in [0.2, 0.25) is 0 Å². The van der Waals surface area contributed by atoms with E-state index in [4.69, 9.17) is 0 Å². The molecule has 0 heterocycles. The van der Waals surface area contributed by atoms with Crippen molar-refractivity contribution in [3.8, 4) is 0 Å². The van der Waals surface area contributed by atoms with Gasteiger partial charge in [-0.15, -0.1) is 0 Å². The Morgan fingerprint density at radius 2 is 1.86 bits per heavy atom. The first kappa shape index (κ1) is 6.12. The summed E-state index contributed by atoms with van der Waals surface area (Å²) in [5.41, 5.74) is 2.42. The van der Waals surface area contributed by atoms with Gasteiger partial charge in [0, 0.05) is 0 Å². The van der Waals surface area contributed by atoms with Gasteiger partial charge in [0.25, 0.3) is 0 Å². The molecule has 7 heavy (non-hydrogen) atoms. The molecule has 0 unspecified atom stereocenters. The number of ether oxygens (including phenoxy) is 2. The molecule has 0 radical (unpaired) electrons. The van der Waals surface area contributed by atoms with Crippen LogP contribution in [0.5, 0.6) is 0 Å². The van der Waals surface area contributed by atoms with Gasteiger partial charge in [0.1, 0.15) is 0 Å². The van der Waals surface area contributed by atoms with Gasteiger partial charge in [0.2, 0.25) is 0 Å². The van der Waals surface area contributed by atoms with Gasteiger partial charge in [-0.25, -0.2) is 0 Å². The fourth-order valence-corrected chi connectivity index (χ4v) is 0.228. The molecule has 40 valence electrons. The zero-order valence-corrected chi connectivity index (χ0v) is 4.52. The summed E-state index contributed by atoms with van der Waals surface area (Å²) in [6.07, 6.45) is 0. The van der Waals surface area contributed by atoms with Gasteiger partial charge in [-0.3, -0.25) is 0 Å². The third kappa shape index (κ3) is 1.90. The van der Waals surface area contributed by atoms with Crippen LogP contribution in [0, 0.1) is 0 Å². The van der Waals surface area contributed by atoms with Crippen molar-refractivity contribution in [1.82, 2.24) is 0 Å². The Kier molecular flexibility index (Phi) is 2.90. The van der Waals surface area contributed by atoms with Crippen molar-refractivity contribution in [2.75, 3.05) is 14.2 Å². The topological polar surface area (TPSA) is 18.5 Å². The molecular weight excluding hydrogens is 92.1 g/mol. The Morgan fingerprint density at radius 1 is 1.43 bits per heavy atom. The molecule has 0 aromatic rings. The number of hydrogen-bond acceptors (Lipinski definition) is 2. The molecule has 0 spiro atoms. The van der Waals surface area contributed by atoms with Crippen LogP contribution in [0.4, 0.5) is 0 Å². The van der Waals surface area contributed by atoms with E-state index in [9.17, 15) is 0 Å². The molecule has 0 aliphatic carbocycles. The van der Waals surface area contributed by atoms with E-state index in [2.05, 4.69) is 21.8 Å². The van der Waals surface area contributed by atoms with E-state index in [0.717, 1.165) is 0 Å². The second-order valence-corrected chi connectivity index (χ2v) is 0.872. The van der Waals surface area contributed by atoms with Crippen molar-refractivity contribution < 1.29 is 9.47 Å². The predicted molar refractivity (Wildman–Crippen MR) is 26.7 cm³/mol. The first-order chi connectivity index (χ1) is 3.35. The van der Waals surface area contributed by atoms with E-state index in [1.165, 1.54) is 14.2 Å². The minimum Gasteiger partial charge on any atom is -0.463 e. The van der Waals surface area contributed by atoms with Crippen LogP contribution in [0.1, 0.15) is 0 Å². The molecule has 0 bridgehead atoms. The van der Waals surface area contributed by atoms with E-state index in [1.54, 1.807) is 0 Å². The predicted octanol–water partition coefficient (Wildman–Crippen LogP) is 0.905. The summed E-state index contributed by atoms with van der Waals surface area (Å²) in [6.45, 7) is 3.29. The minimum absolute atomic E-state index is 0.319. The third-order valence-electron chi connectivity index (χ3n) is 0.515. The van der Waals surface area contributed by atoms with Crippen LogP contribution in [-0.4, -0.2) is 14.2 Å². The average Bonchev–Trinajstić information content (AvgIpc) is 1.72. The Morgan fingerprint density at radius 3 is 1.86 bits per heavy atom. The normalized spacial score (nSPS) is 6.57. The average molecular weight is 100 g/mol. The van der Waals surface area contributed by atoms with Crippen LogP contribution in [0.25, 0.3) is 0 Å². The van der Waals surface area contributed by atoms with Crippen molar-refractivity contribution in [3.63, 3.8) is 0 Å². The summed E-state index contributed by atoms with van der Waals surface area (Å²) in [4.78, 5) is 0. The lowest BCUT2D eigenvalue weighted by Crippen LogP contribution is -1.84. The number of rotatable bonds is 2. The highest BCUT2D eigenvalue weighted by Crippen LogP contribution is 1.88. The third-order valence-corrected chi connectivity index (χ3v) is 0.515. The van der Waals surface area contributed by atoms with E-state index < -0.39 is 0 Å². The lowest BCUT2D eigenvalue weighted by molar-refractivity contribution is 0.0967. The van der Waals surface area contributed by atoms with Crippen molar-refractivity contribution in [3.05, 3.63) is 18.3 Å². The highest BCUT2D eigenvalue weighted by atomic mass is 16.7. The molecule has 0 saturated heterocycles. The van der Waals surface area contributed by atoms with Crippen molar-refractivity contribution in [2.45, 2.75) is 0 Å². The fourth-order valence-electron chi connectivity index (χ4n) is 0.228. The summed E-state index contributed by atoms with van der Waals surface area (Å²) in [5.74, 6) is 0.319. The van der Waals surface area contributed by atoms with Gasteiger partial charge in [0.15, 0.2) is 0 Å². The lowest BCUT2D eigenvalue weighted by Gasteiger charge is -1.96. The minimum atomic E-state index is 0.319. The smallest absolute Gasteiger partial charge is 0.326 e. The maximum Gasteiger partial charge on any atom is 0.326 e. The molecule has 0 aromatic heterocycles. The van der Waals surface area contributed by atoms with Gasteiger partial charge in [-0.2, -0.15) is 0 Å². The summed E-state index contributed by atoms with van der Waals surface area (Å²) in [6, 6.07) is 0.